The van der Waals surface area contributed by atoms with E-state index in [9.17, 15) is 10.1 Å². The van der Waals surface area contributed by atoms with E-state index >= 15 is 0 Å². The number of nitrogens with zero attached hydrogens (tertiary/aromatic N) is 4. The summed E-state index contributed by atoms with van der Waals surface area (Å²) >= 11 is 2.87. The number of thiophene rings is 1. The number of thioether (sulfide) groups is 1. The molecule has 0 fully saturated rings. The Morgan fingerprint density at radius 1 is 1.27 bits per heavy atom. The number of nitrogens with one attached hydrogen (secondary N) is 1. The third-order valence-corrected chi connectivity index (χ3v) is 7.63. The molecule has 1 aliphatic rings. The maximum absolute atomic E-state index is 12.6. The SMILES string of the molecule is CC(C)COc1ccc(-c2nnc(SCC(=O)Nc3sc4c(c3C#N)CCCC4)n2C)cc1. The zero-order valence-corrected chi connectivity index (χ0v) is 20.7. The van der Waals surface area contributed by atoms with Gasteiger partial charge in [0.2, 0.25) is 5.91 Å². The molecule has 4 rings (SSSR count). The fourth-order valence-electron chi connectivity index (χ4n) is 3.72. The van der Waals surface area contributed by atoms with Gasteiger partial charge >= 0.3 is 0 Å². The summed E-state index contributed by atoms with van der Waals surface area (Å²) in [6.45, 7) is 4.91. The number of ether oxygens (including phenoxy) is 1. The smallest absolute Gasteiger partial charge is 0.235 e. The first kappa shape index (κ1) is 23.3. The maximum Gasteiger partial charge on any atom is 0.235 e. The van der Waals surface area contributed by atoms with Gasteiger partial charge in [-0.1, -0.05) is 25.6 Å². The van der Waals surface area contributed by atoms with Crippen molar-refractivity contribution in [2.24, 2.45) is 13.0 Å². The summed E-state index contributed by atoms with van der Waals surface area (Å²) in [6, 6.07) is 10.1. The lowest BCUT2D eigenvalue weighted by Gasteiger charge is -2.09. The van der Waals surface area contributed by atoms with E-state index in [1.165, 1.54) is 28.0 Å². The number of hydrogen-bond acceptors (Lipinski definition) is 7. The van der Waals surface area contributed by atoms with Crippen molar-refractivity contribution in [3.63, 3.8) is 0 Å². The standard InChI is InChI=1S/C24H27N5O2S2/c1-15(2)13-31-17-10-8-16(9-11-17)22-27-28-24(29(22)3)32-14-21(30)26-23-19(12-25)18-6-4-5-7-20(18)33-23/h8-11,15H,4-7,13-14H2,1-3H3,(H,26,30). The van der Waals surface area contributed by atoms with Crippen LogP contribution in [0.4, 0.5) is 5.00 Å². The molecule has 0 spiro atoms. The van der Waals surface area contributed by atoms with Gasteiger partial charge in [0.05, 0.1) is 17.9 Å². The van der Waals surface area contributed by atoms with Crippen molar-refractivity contribution < 1.29 is 9.53 Å². The van der Waals surface area contributed by atoms with Crippen LogP contribution in [-0.2, 0) is 24.7 Å². The van der Waals surface area contributed by atoms with Crippen molar-refractivity contribution in [2.45, 2.75) is 44.7 Å². The molecule has 1 aliphatic carbocycles. The van der Waals surface area contributed by atoms with Gasteiger partial charge in [-0.3, -0.25) is 4.79 Å². The molecule has 33 heavy (non-hydrogen) atoms. The Balaban J connectivity index is 1.38. The summed E-state index contributed by atoms with van der Waals surface area (Å²) in [7, 11) is 1.89. The Labute approximate surface area is 202 Å². The highest BCUT2D eigenvalue weighted by Crippen LogP contribution is 2.37. The molecule has 172 valence electrons. The highest BCUT2D eigenvalue weighted by molar-refractivity contribution is 7.99. The van der Waals surface area contributed by atoms with Gasteiger partial charge in [-0.05, 0) is 61.4 Å². The first-order valence-corrected chi connectivity index (χ1v) is 12.9. The van der Waals surface area contributed by atoms with E-state index in [-0.39, 0.29) is 11.7 Å². The van der Waals surface area contributed by atoms with Crippen LogP contribution in [0.15, 0.2) is 29.4 Å². The number of carbonyl (C=O) groups excluding carboxylic acids is 1. The van der Waals surface area contributed by atoms with Gasteiger partial charge < -0.3 is 14.6 Å². The number of rotatable bonds is 8. The number of aryl methyl sites for hydroxylation is 1. The Bertz CT molecular complexity index is 1170. The van der Waals surface area contributed by atoms with Gasteiger partial charge in [0.1, 0.15) is 16.8 Å². The van der Waals surface area contributed by atoms with E-state index in [0.29, 0.717) is 28.2 Å². The van der Waals surface area contributed by atoms with Crippen LogP contribution < -0.4 is 10.1 Å². The van der Waals surface area contributed by atoms with Crippen molar-refractivity contribution in [3.05, 3.63) is 40.3 Å². The summed E-state index contributed by atoms with van der Waals surface area (Å²) in [6.07, 6.45) is 4.16. The normalized spacial score (nSPS) is 12.9. The van der Waals surface area contributed by atoms with Crippen LogP contribution in [0.1, 0.15) is 42.7 Å². The highest BCUT2D eigenvalue weighted by Gasteiger charge is 2.22. The van der Waals surface area contributed by atoms with E-state index in [0.717, 1.165) is 48.4 Å². The predicted octanol–water partition coefficient (Wildman–Crippen LogP) is 5.06. The molecule has 0 saturated heterocycles. The maximum atomic E-state index is 12.6. The molecular formula is C24H27N5O2S2. The third kappa shape index (κ3) is 5.40. The zero-order valence-electron chi connectivity index (χ0n) is 19.1. The Kier molecular flexibility index (Phi) is 7.36. The van der Waals surface area contributed by atoms with Gasteiger partial charge in [-0.2, -0.15) is 5.26 Å². The van der Waals surface area contributed by atoms with E-state index in [1.54, 1.807) is 0 Å². The summed E-state index contributed by atoms with van der Waals surface area (Å²) in [5, 5.41) is 22.4. The van der Waals surface area contributed by atoms with Crippen molar-refractivity contribution in [2.75, 3.05) is 17.7 Å². The minimum absolute atomic E-state index is 0.147. The minimum Gasteiger partial charge on any atom is -0.493 e. The Morgan fingerprint density at radius 2 is 2.03 bits per heavy atom. The highest BCUT2D eigenvalue weighted by atomic mass is 32.2. The van der Waals surface area contributed by atoms with Gasteiger partial charge in [-0.25, -0.2) is 0 Å². The van der Waals surface area contributed by atoms with Crippen LogP contribution >= 0.6 is 23.1 Å². The Morgan fingerprint density at radius 3 is 2.76 bits per heavy atom. The second-order valence-corrected chi connectivity index (χ2v) is 10.5. The van der Waals surface area contributed by atoms with Crippen LogP contribution in [0.2, 0.25) is 0 Å². The van der Waals surface area contributed by atoms with Crippen molar-refractivity contribution in [3.8, 4) is 23.2 Å². The molecule has 0 saturated carbocycles. The van der Waals surface area contributed by atoms with Gasteiger partial charge in [0.15, 0.2) is 11.0 Å². The average Bonchev–Trinajstić information content (AvgIpc) is 3.35. The number of aromatic nitrogens is 3. The van der Waals surface area contributed by atoms with E-state index in [1.807, 2.05) is 35.9 Å². The van der Waals surface area contributed by atoms with E-state index < -0.39 is 0 Å². The molecule has 0 bridgehead atoms. The molecule has 2 aromatic heterocycles. The molecule has 0 aliphatic heterocycles. The van der Waals surface area contributed by atoms with Crippen LogP contribution in [0.25, 0.3) is 11.4 Å². The van der Waals surface area contributed by atoms with Crippen LogP contribution in [-0.4, -0.2) is 33.0 Å². The quantitative estimate of drug-likeness (QED) is 0.452. The fourth-order valence-corrected chi connectivity index (χ4v) is 5.69. The van der Waals surface area contributed by atoms with Gasteiger partial charge in [-0.15, -0.1) is 21.5 Å². The molecular weight excluding hydrogens is 454 g/mol. The van der Waals surface area contributed by atoms with E-state index in [4.69, 9.17) is 4.74 Å². The van der Waals surface area contributed by atoms with Crippen LogP contribution in [0.3, 0.4) is 0 Å². The van der Waals surface area contributed by atoms with Crippen molar-refractivity contribution in [1.29, 1.82) is 5.26 Å². The number of benzene rings is 1. The summed E-state index contributed by atoms with van der Waals surface area (Å²) in [4.78, 5) is 13.8. The third-order valence-electron chi connectivity index (χ3n) is 5.40. The van der Waals surface area contributed by atoms with Crippen LogP contribution in [0.5, 0.6) is 5.75 Å². The first-order chi connectivity index (χ1) is 16.0. The van der Waals surface area contributed by atoms with Crippen LogP contribution in [0, 0.1) is 17.2 Å². The number of amides is 1. The molecule has 0 radical (unpaired) electrons. The number of carbonyl (C=O) groups is 1. The lowest BCUT2D eigenvalue weighted by Crippen LogP contribution is -2.14. The molecule has 7 nitrogen and oxygen atoms in total. The first-order valence-electron chi connectivity index (χ1n) is 11.1. The Hall–Kier alpha value is -2.83. The predicted molar refractivity (Wildman–Crippen MR) is 132 cm³/mol. The average molecular weight is 482 g/mol. The second kappa shape index (κ2) is 10.4. The number of hydrogen-bond donors (Lipinski definition) is 1. The summed E-state index contributed by atoms with van der Waals surface area (Å²) in [5.41, 5.74) is 2.69. The molecule has 1 amide bonds. The number of anilines is 1. The molecule has 2 heterocycles. The largest absolute Gasteiger partial charge is 0.493 e. The molecule has 1 N–H and O–H groups in total. The molecule has 9 heteroatoms. The molecule has 0 atom stereocenters. The lowest BCUT2D eigenvalue weighted by atomic mass is 9.96. The topological polar surface area (TPSA) is 92.8 Å². The van der Waals surface area contributed by atoms with Crippen molar-refractivity contribution in [1.82, 2.24) is 14.8 Å². The van der Waals surface area contributed by atoms with Gasteiger partial charge in [0, 0.05) is 17.5 Å². The zero-order chi connectivity index (χ0) is 23.4. The van der Waals surface area contributed by atoms with Crippen molar-refractivity contribution >= 4 is 34.0 Å². The molecule has 0 unspecified atom stereocenters. The monoisotopic (exact) mass is 481 g/mol. The number of fused-ring (bicyclic) bond motifs is 1. The molecule has 1 aromatic carbocycles. The summed E-state index contributed by atoms with van der Waals surface area (Å²) < 4.78 is 7.62. The summed E-state index contributed by atoms with van der Waals surface area (Å²) in [5.74, 6) is 2.07. The van der Waals surface area contributed by atoms with Gasteiger partial charge in [0.25, 0.3) is 0 Å². The minimum atomic E-state index is -0.147. The fraction of sp³-hybridized carbons (Fsp3) is 0.417. The second-order valence-electron chi connectivity index (χ2n) is 8.46. The van der Waals surface area contributed by atoms with E-state index in [2.05, 4.69) is 35.4 Å². The number of nitriles is 1. The lowest BCUT2D eigenvalue weighted by molar-refractivity contribution is -0.113. The molecule has 3 aromatic rings.